The van der Waals surface area contributed by atoms with Gasteiger partial charge in [0.05, 0.1) is 0 Å². The van der Waals surface area contributed by atoms with Crippen LogP contribution in [0.2, 0.25) is 0 Å². The van der Waals surface area contributed by atoms with Gasteiger partial charge in [0.25, 0.3) is 0 Å². The summed E-state index contributed by atoms with van der Waals surface area (Å²) in [5.41, 5.74) is 0. The number of hydrogen-bond donors (Lipinski definition) is 0. The van der Waals surface area contributed by atoms with Crippen LogP contribution in [0, 0.1) is 0 Å². The van der Waals surface area contributed by atoms with Gasteiger partial charge in [-0.2, -0.15) is 0 Å². The molecule has 0 radical (unpaired) electrons. The summed E-state index contributed by atoms with van der Waals surface area (Å²) in [6.07, 6.45) is 81.8. The molecule has 0 aromatic rings. The van der Waals surface area contributed by atoms with Crippen molar-refractivity contribution in [3.8, 4) is 0 Å². The van der Waals surface area contributed by atoms with E-state index in [9.17, 15) is 14.4 Å². The molecule has 6 nitrogen and oxygen atoms in total. The Hall–Kier alpha value is -2.37. The molecule has 0 heterocycles. The Labute approximate surface area is 480 Å². The summed E-state index contributed by atoms with van der Waals surface area (Å²) >= 11 is 0. The Morgan fingerprint density at radius 3 is 0.727 bits per heavy atom. The van der Waals surface area contributed by atoms with Crippen LogP contribution >= 0.6 is 0 Å². The zero-order valence-electron chi connectivity index (χ0n) is 52.0. The van der Waals surface area contributed by atoms with Gasteiger partial charge in [0.2, 0.25) is 0 Å². The first-order valence-electron chi connectivity index (χ1n) is 34.5. The van der Waals surface area contributed by atoms with E-state index in [0.29, 0.717) is 19.3 Å². The number of carbonyl (C=O) groups excluding carboxylic acids is 3. The number of allylic oxidation sites excluding steroid dienone is 6. The Morgan fingerprint density at radius 2 is 0.468 bits per heavy atom. The molecule has 1 unspecified atom stereocenters. The minimum absolute atomic E-state index is 0.0654. The van der Waals surface area contributed by atoms with E-state index < -0.39 is 6.10 Å². The summed E-state index contributed by atoms with van der Waals surface area (Å²) in [5.74, 6) is -0.841. The molecule has 0 rings (SSSR count). The average molecular weight is 1080 g/mol. The van der Waals surface area contributed by atoms with Crippen molar-refractivity contribution in [2.75, 3.05) is 13.2 Å². The molecule has 0 aliphatic heterocycles. The smallest absolute Gasteiger partial charge is 0.306 e. The maximum absolute atomic E-state index is 12.9. The largest absolute Gasteiger partial charge is 0.462 e. The lowest BCUT2D eigenvalue weighted by Crippen LogP contribution is -2.30. The van der Waals surface area contributed by atoms with E-state index in [2.05, 4.69) is 57.2 Å². The molecule has 0 aliphatic carbocycles. The van der Waals surface area contributed by atoms with Crippen molar-refractivity contribution in [3.05, 3.63) is 36.5 Å². The van der Waals surface area contributed by atoms with Gasteiger partial charge in [-0.15, -0.1) is 0 Å². The molecule has 0 bridgehead atoms. The Morgan fingerprint density at radius 1 is 0.260 bits per heavy atom. The highest BCUT2D eigenvalue weighted by Gasteiger charge is 2.19. The Bertz CT molecular complexity index is 1290. The van der Waals surface area contributed by atoms with Crippen LogP contribution in [-0.2, 0) is 28.6 Å². The number of esters is 3. The van der Waals surface area contributed by atoms with Gasteiger partial charge in [-0.25, -0.2) is 0 Å². The highest BCUT2D eigenvalue weighted by molar-refractivity contribution is 5.71. The molecule has 0 spiro atoms. The van der Waals surface area contributed by atoms with Gasteiger partial charge < -0.3 is 14.2 Å². The van der Waals surface area contributed by atoms with E-state index in [0.717, 1.165) is 70.6 Å². The summed E-state index contributed by atoms with van der Waals surface area (Å²) in [6, 6.07) is 0. The third-order valence-electron chi connectivity index (χ3n) is 15.6. The van der Waals surface area contributed by atoms with Crippen molar-refractivity contribution < 1.29 is 28.6 Å². The van der Waals surface area contributed by atoms with Crippen LogP contribution in [0.5, 0.6) is 0 Å². The molecular weight excluding hydrogens is 949 g/mol. The van der Waals surface area contributed by atoms with Crippen molar-refractivity contribution in [1.82, 2.24) is 0 Å². The number of hydrogen-bond acceptors (Lipinski definition) is 6. The maximum atomic E-state index is 12.9. The second-order valence-corrected chi connectivity index (χ2v) is 23.5. The first-order chi connectivity index (χ1) is 38.0. The fourth-order valence-corrected chi connectivity index (χ4v) is 10.5. The van der Waals surface area contributed by atoms with Crippen LogP contribution in [0.15, 0.2) is 36.5 Å². The molecule has 0 N–H and O–H groups in total. The quantitative estimate of drug-likeness (QED) is 0.0261. The van der Waals surface area contributed by atoms with Gasteiger partial charge in [-0.1, -0.05) is 340 Å². The third-order valence-corrected chi connectivity index (χ3v) is 15.6. The highest BCUT2D eigenvalue weighted by Crippen LogP contribution is 2.18. The highest BCUT2D eigenvalue weighted by atomic mass is 16.6. The molecule has 452 valence electrons. The van der Waals surface area contributed by atoms with Crippen LogP contribution in [0.3, 0.4) is 0 Å². The average Bonchev–Trinajstić information content (AvgIpc) is 3.43. The van der Waals surface area contributed by atoms with Crippen LogP contribution in [-0.4, -0.2) is 37.2 Å². The van der Waals surface area contributed by atoms with E-state index in [1.54, 1.807) is 0 Å². The summed E-state index contributed by atoms with van der Waals surface area (Å²) in [5, 5.41) is 0. The second-order valence-electron chi connectivity index (χ2n) is 23.5. The van der Waals surface area contributed by atoms with E-state index in [1.165, 1.54) is 270 Å². The number of unbranched alkanes of at least 4 members (excludes halogenated alkanes) is 47. The van der Waals surface area contributed by atoms with Gasteiger partial charge in [-0.05, 0) is 57.8 Å². The first kappa shape index (κ1) is 74.6. The fourth-order valence-electron chi connectivity index (χ4n) is 10.5. The predicted octanol–water partition coefficient (Wildman–Crippen LogP) is 23.6. The SMILES string of the molecule is CCCCCCC/C=C\C/C=C\C/C=C\CCCCCCCCCCCCCCCCCCC(=O)OCC(COC(=O)CCCCCCCCCCC)OC(=O)CCCCCCCCCCCCCCCCCCCCC. The third kappa shape index (κ3) is 64.3. The lowest BCUT2D eigenvalue weighted by Gasteiger charge is -2.18. The van der Waals surface area contributed by atoms with E-state index in [1.807, 2.05) is 0 Å². The van der Waals surface area contributed by atoms with Gasteiger partial charge in [-0.3, -0.25) is 14.4 Å². The zero-order chi connectivity index (χ0) is 55.7. The summed E-state index contributed by atoms with van der Waals surface area (Å²) in [4.78, 5) is 38.2. The molecule has 0 saturated carbocycles. The van der Waals surface area contributed by atoms with Crippen LogP contribution in [0.1, 0.15) is 380 Å². The molecule has 77 heavy (non-hydrogen) atoms. The summed E-state index contributed by atoms with van der Waals surface area (Å²) in [6.45, 7) is 6.68. The van der Waals surface area contributed by atoms with Crippen molar-refractivity contribution in [2.24, 2.45) is 0 Å². The minimum Gasteiger partial charge on any atom is -0.462 e. The van der Waals surface area contributed by atoms with E-state index in [4.69, 9.17) is 14.2 Å². The zero-order valence-corrected chi connectivity index (χ0v) is 52.0. The molecule has 0 amide bonds. The fraction of sp³-hybridized carbons (Fsp3) is 0.873. The second kappa shape index (κ2) is 66.1. The lowest BCUT2D eigenvalue weighted by molar-refractivity contribution is -0.167. The van der Waals surface area contributed by atoms with Crippen molar-refractivity contribution in [1.29, 1.82) is 0 Å². The molecular formula is C71H132O6. The van der Waals surface area contributed by atoms with Crippen LogP contribution in [0.4, 0.5) is 0 Å². The normalized spacial score (nSPS) is 12.2. The number of carbonyl (C=O) groups is 3. The van der Waals surface area contributed by atoms with E-state index in [-0.39, 0.29) is 31.1 Å². The molecule has 0 aliphatic rings. The molecule has 0 fully saturated rings. The Balaban J connectivity index is 4.07. The summed E-state index contributed by atoms with van der Waals surface area (Å²) < 4.78 is 16.9. The van der Waals surface area contributed by atoms with Crippen LogP contribution < -0.4 is 0 Å². The van der Waals surface area contributed by atoms with Gasteiger partial charge in [0.1, 0.15) is 13.2 Å². The topological polar surface area (TPSA) is 78.9 Å². The first-order valence-corrected chi connectivity index (χ1v) is 34.5. The lowest BCUT2D eigenvalue weighted by atomic mass is 10.0. The molecule has 6 heteroatoms. The number of rotatable bonds is 64. The standard InChI is InChI=1S/C71H132O6/c1-4-7-10-13-16-19-21-23-25-27-29-30-31-32-33-34-35-36-37-38-39-40-42-43-45-47-49-52-55-58-61-64-70(73)76-67-68(66-75-69(72)63-60-57-54-51-18-15-12-9-6-3)77-71(74)65-62-59-56-53-50-48-46-44-41-28-26-24-22-20-17-14-11-8-5-2/h21,23,27,29,31-32,68H,4-20,22,24-26,28,30,33-67H2,1-3H3/b23-21-,29-27-,32-31-. The number of ether oxygens (including phenoxy) is 3. The minimum atomic E-state index is -0.766. The molecule has 0 aromatic carbocycles. The van der Waals surface area contributed by atoms with Crippen molar-refractivity contribution in [2.45, 2.75) is 386 Å². The predicted molar refractivity (Wildman–Crippen MR) is 335 cm³/mol. The van der Waals surface area contributed by atoms with Crippen molar-refractivity contribution >= 4 is 17.9 Å². The Kier molecular flexibility index (Phi) is 64.1. The molecule has 0 aromatic heterocycles. The maximum Gasteiger partial charge on any atom is 0.306 e. The van der Waals surface area contributed by atoms with Gasteiger partial charge >= 0.3 is 17.9 Å². The van der Waals surface area contributed by atoms with Crippen molar-refractivity contribution in [3.63, 3.8) is 0 Å². The van der Waals surface area contributed by atoms with Gasteiger partial charge in [0.15, 0.2) is 6.10 Å². The van der Waals surface area contributed by atoms with Gasteiger partial charge in [0, 0.05) is 19.3 Å². The summed E-state index contributed by atoms with van der Waals surface area (Å²) in [7, 11) is 0. The van der Waals surface area contributed by atoms with E-state index >= 15 is 0 Å². The van der Waals surface area contributed by atoms with Crippen LogP contribution in [0.25, 0.3) is 0 Å². The monoisotopic (exact) mass is 1080 g/mol. The molecule has 0 saturated heterocycles. The molecule has 1 atom stereocenters.